The molecule has 0 radical (unpaired) electrons. The lowest BCUT2D eigenvalue weighted by Crippen LogP contribution is -2.45. The van der Waals surface area contributed by atoms with Crippen molar-refractivity contribution in [1.29, 1.82) is 0 Å². The van der Waals surface area contributed by atoms with Crippen molar-refractivity contribution in [3.63, 3.8) is 0 Å². The lowest BCUT2D eigenvalue weighted by atomic mass is 9.84. The number of hydrogen-bond donors (Lipinski definition) is 1. The Morgan fingerprint density at radius 2 is 2.00 bits per heavy atom. The number of likely N-dealkylation sites (tertiary alicyclic amines) is 1. The fourth-order valence-electron chi connectivity index (χ4n) is 4.63. The minimum Gasteiger partial charge on any atom is -0.352 e. The van der Waals surface area contributed by atoms with Gasteiger partial charge in [-0.15, -0.1) is 0 Å². The number of rotatable bonds is 4. The molecule has 2 saturated carbocycles. The van der Waals surface area contributed by atoms with E-state index < -0.39 is 0 Å². The van der Waals surface area contributed by atoms with Gasteiger partial charge in [-0.1, -0.05) is 12.8 Å². The first-order valence-corrected chi connectivity index (χ1v) is 8.24. The minimum absolute atomic E-state index is 0.247. The number of hydrogen-bond acceptors (Lipinski definition) is 2. The summed E-state index contributed by atoms with van der Waals surface area (Å²) >= 11 is 0. The number of amides is 1. The van der Waals surface area contributed by atoms with Gasteiger partial charge in [0.2, 0.25) is 5.91 Å². The summed E-state index contributed by atoms with van der Waals surface area (Å²) in [5.74, 6) is 2.87. The van der Waals surface area contributed by atoms with Crippen LogP contribution >= 0.6 is 0 Å². The van der Waals surface area contributed by atoms with E-state index in [1.807, 2.05) is 0 Å². The predicted octanol–water partition coefficient (Wildman–Crippen LogP) is 2.41. The predicted molar refractivity (Wildman–Crippen MR) is 76.8 cm³/mol. The van der Waals surface area contributed by atoms with Gasteiger partial charge in [-0.25, -0.2) is 0 Å². The molecule has 1 amide bonds. The Kier molecular flexibility index (Phi) is 4.11. The highest BCUT2D eigenvalue weighted by atomic mass is 16.2. The smallest absolute Gasteiger partial charge is 0.234 e. The molecule has 1 aliphatic heterocycles. The Balaban J connectivity index is 1.43. The lowest BCUT2D eigenvalue weighted by molar-refractivity contribution is -0.123. The van der Waals surface area contributed by atoms with E-state index in [9.17, 15) is 4.79 Å². The van der Waals surface area contributed by atoms with E-state index >= 15 is 0 Å². The molecular weight excluding hydrogens is 236 g/mol. The minimum atomic E-state index is 0.247. The zero-order chi connectivity index (χ0) is 13.2. The molecule has 4 atom stereocenters. The normalized spacial score (nSPS) is 36.4. The maximum atomic E-state index is 12.1. The standard InChI is InChI=1S/C16H28N2O/c1-12(15-10-13-5-6-14(15)9-13)17-16(19)11-18-7-3-2-4-8-18/h12-15H,2-11H2,1H3,(H,17,19)/t12-,13+,14+,15+/m1/s1. The van der Waals surface area contributed by atoms with Crippen LogP contribution in [0.25, 0.3) is 0 Å². The van der Waals surface area contributed by atoms with Crippen LogP contribution in [0.3, 0.4) is 0 Å². The summed E-state index contributed by atoms with van der Waals surface area (Å²) in [6.45, 7) is 5.05. The van der Waals surface area contributed by atoms with Crippen molar-refractivity contribution in [3.05, 3.63) is 0 Å². The van der Waals surface area contributed by atoms with Gasteiger partial charge in [0.15, 0.2) is 0 Å². The number of carbonyl (C=O) groups excluding carboxylic acids is 1. The van der Waals surface area contributed by atoms with Crippen LogP contribution < -0.4 is 5.32 Å². The number of fused-ring (bicyclic) bond motifs is 2. The summed E-state index contributed by atoms with van der Waals surface area (Å²) in [5, 5.41) is 3.27. The molecular formula is C16H28N2O. The highest BCUT2D eigenvalue weighted by Crippen LogP contribution is 2.49. The summed E-state index contributed by atoms with van der Waals surface area (Å²) in [6.07, 6.45) is 9.48. The molecule has 108 valence electrons. The van der Waals surface area contributed by atoms with E-state index in [2.05, 4.69) is 17.1 Å². The van der Waals surface area contributed by atoms with Gasteiger partial charge in [0.1, 0.15) is 0 Å². The van der Waals surface area contributed by atoms with E-state index in [4.69, 9.17) is 0 Å². The van der Waals surface area contributed by atoms with Crippen molar-refractivity contribution in [1.82, 2.24) is 10.2 Å². The fraction of sp³-hybridized carbons (Fsp3) is 0.938. The summed E-state index contributed by atoms with van der Waals surface area (Å²) in [6, 6.07) is 0.382. The zero-order valence-electron chi connectivity index (χ0n) is 12.2. The second kappa shape index (κ2) is 5.82. The van der Waals surface area contributed by atoms with Gasteiger partial charge in [-0.2, -0.15) is 0 Å². The van der Waals surface area contributed by atoms with E-state index in [1.54, 1.807) is 0 Å². The third-order valence-electron chi connectivity index (χ3n) is 5.64. The van der Waals surface area contributed by atoms with Crippen molar-refractivity contribution in [3.8, 4) is 0 Å². The molecule has 1 saturated heterocycles. The fourth-order valence-corrected chi connectivity index (χ4v) is 4.63. The van der Waals surface area contributed by atoms with E-state index in [0.29, 0.717) is 12.6 Å². The van der Waals surface area contributed by atoms with Crippen LogP contribution in [-0.2, 0) is 4.79 Å². The zero-order valence-corrected chi connectivity index (χ0v) is 12.2. The van der Waals surface area contributed by atoms with Gasteiger partial charge < -0.3 is 5.32 Å². The second-order valence-corrected chi connectivity index (χ2v) is 7.03. The molecule has 1 heterocycles. The van der Waals surface area contributed by atoms with E-state index in [1.165, 1.54) is 44.9 Å². The average Bonchev–Trinajstić information content (AvgIpc) is 3.02. The molecule has 3 fully saturated rings. The Labute approximate surface area is 117 Å². The first kappa shape index (κ1) is 13.4. The van der Waals surface area contributed by atoms with Crippen LogP contribution in [0.5, 0.6) is 0 Å². The third-order valence-corrected chi connectivity index (χ3v) is 5.64. The molecule has 0 spiro atoms. The van der Waals surface area contributed by atoms with Crippen molar-refractivity contribution >= 4 is 5.91 Å². The maximum Gasteiger partial charge on any atom is 0.234 e. The van der Waals surface area contributed by atoms with Crippen LogP contribution in [0.1, 0.15) is 51.9 Å². The molecule has 1 N–H and O–H groups in total. The average molecular weight is 264 g/mol. The summed E-state index contributed by atoms with van der Waals surface area (Å²) in [7, 11) is 0. The van der Waals surface area contributed by atoms with Crippen LogP contribution in [0.4, 0.5) is 0 Å². The van der Waals surface area contributed by atoms with Crippen molar-refractivity contribution in [2.45, 2.75) is 57.9 Å². The maximum absolute atomic E-state index is 12.1. The van der Waals surface area contributed by atoms with Crippen molar-refractivity contribution < 1.29 is 4.79 Å². The van der Waals surface area contributed by atoms with Crippen LogP contribution in [0.15, 0.2) is 0 Å². The number of nitrogens with one attached hydrogen (secondary N) is 1. The quantitative estimate of drug-likeness (QED) is 0.845. The van der Waals surface area contributed by atoms with Crippen LogP contribution in [-0.4, -0.2) is 36.5 Å². The van der Waals surface area contributed by atoms with Crippen LogP contribution in [0, 0.1) is 17.8 Å². The molecule has 0 aromatic carbocycles. The summed E-state index contributed by atoms with van der Waals surface area (Å²) in [4.78, 5) is 14.4. The molecule has 2 bridgehead atoms. The highest BCUT2D eigenvalue weighted by molar-refractivity contribution is 5.78. The summed E-state index contributed by atoms with van der Waals surface area (Å²) < 4.78 is 0. The van der Waals surface area contributed by atoms with Gasteiger partial charge in [0, 0.05) is 6.04 Å². The number of carbonyl (C=O) groups is 1. The molecule has 2 aliphatic carbocycles. The Hall–Kier alpha value is -0.570. The second-order valence-electron chi connectivity index (χ2n) is 7.03. The van der Waals surface area contributed by atoms with Gasteiger partial charge in [0.25, 0.3) is 0 Å². The summed E-state index contributed by atoms with van der Waals surface area (Å²) in [5.41, 5.74) is 0. The SMILES string of the molecule is C[C@@H](NC(=O)CN1CCCCC1)[C@@H]1C[C@H]2CC[C@H]1C2. The molecule has 0 unspecified atom stereocenters. The first-order chi connectivity index (χ1) is 9.22. The van der Waals surface area contributed by atoms with Gasteiger partial charge in [0.05, 0.1) is 6.54 Å². The first-order valence-electron chi connectivity index (χ1n) is 8.24. The molecule has 3 nitrogen and oxygen atoms in total. The monoisotopic (exact) mass is 264 g/mol. The van der Waals surface area contributed by atoms with Gasteiger partial charge in [-0.3, -0.25) is 9.69 Å². The number of piperidine rings is 1. The van der Waals surface area contributed by atoms with E-state index in [0.717, 1.165) is 30.8 Å². The van der Waals surface area contributed by atoms with Gasteiger partial charge >= 0.3 is 0 Å². The largest absolute Gasteiger partial charge is 0.352 e. The Morgan fingerprint density at radius 1 is 1.21 bits per heavy atom. The Bertz CT molecular complexity index is 325. The molecule has 19 heavy (non-hydrogen) atoms. The highest BCUT2D eigenvalue weighted by Gasteiger charge is 2.42. The lowest BCUT2D eigenvalue weighted by Gasteiger charge is -2.30. The molecule has 3 heteroatoms. The van der Waals surface area contributed by atoms with E-state index in [-0.39, 0.29) is 5.91 Å². The van der Waals surface area contributed by atoms with Gasteiger partial charge in [-0.05, 0) is 69.9 Å². The van der Waals surface area contributed by atoms with Crippen molar-refractivity contribution in [2.75, 3.05) is 19.6 Å². The van der Waals surface area contributed by atoms with Crippen LogP contribution in [0.2, 0.25) is 0 Å². The molecule has 0 aromatic heterocycles. The Morgan fingerprint density at radius 3 is 2.63 bits per heavy atom. The molecule has 3 rings (SSSR count). The number of nitrogens with zero attached hydrogens (tertiary/aromatic N) is 1. The third kappa shape index (κ3) is 3.13. The van der Waals surface area contributed by atoms with Crippen molar-refractivity contribution in [2.24, 2.45) is 17.8 Å². The molecule has 0 aromatic rings. The topological polar surface area (TPSA) is 32.3 Å². The molecule has 3 aliphatic rings.